The number of amides is 1. The van der Waals surface area contributed by atoms with E-state index >= 15 is 0 Å². The summed E-state index contributed by atoms with van der Waals surface area (Å²) in [6.07, 6.45) is 3.00. The van der Waals surface area contributed by atoms with Crippen molar-refractivity contribution in [3.63, 3.8) is 0 Å². The quantitative estimate of drug-likeness (QED) is 0.278. The Bertz CT molecular complexity index is 1270. The Labute approximate surface area is 202 Å². The number of hydrogen-bond donors (Lipinski definition) is 0. The van der Waals surface area contributed by atoms with Crippen LogP contribution in [0.15, 0.2) is 60.9 Å². The fourth-order valence-electron chi connectivity index (χ4n) is 4.18. The van der Waals surface area contributed by atoms with E-state index in [9.17, 15) is 23.2 Å². The summed E-state index contributed by atoms with van der Waals surface area (Å²) in [5, 5.41) is 0. The summed E-state index contributed by atoms with van der Waals surface area (Å²) in [5.41, 5.74) is 2.20. The highest BCUT2D eigenvalue weighted by Gasteiger charge is 2.53. The summed E-state index contributed by atoms with van der Waals surface area (Å²) in [6.45, 7) is 6.60. The van der Waals surface area contributed by atoms with Crippen LogP contribution in [0.2, 0.25) is 0 Å². The number of anilines is 1. The van der Waals surface area contributed by atoms with Gasteiger partial charge in [-0.25, -0.2) is 18.7 Å². The van der Waals surface area contributed by atoms with Crippen LogP contribution in [-0.4, -0.2) is 27.4 Å². The number of benzene rings is 2. The molecule has 1 aromatic heterocycles. The fraction of sp³-hybridized carbons (Fsp3) is 0.296. The van der Waals surface area contributed by atoms with E-state index in [2.05, 4.69) is 9.97 Å². The Hall–Kier alpha value is -3.81. The molecule has 2 atom stereocenters. The SMILES string of the molecule is Cc1cnc(N2C(=O)C(=O)C(C(=O)c3ccc(C(C)C)cc3)C2c2ccc(C(C)(F)F)cc2)nc1. The van der Waals surface area contributed by atoms with Crippen molar-refractivity contribution in [3.8, 4) is 0 Å². The Morgan fingerprint density at radius 2 is 1.54 bits per heavy atom. The first-order valence-corrected chi connectivity index (χ1v) is 11.3. The predicted octanol–water partition coefficient (Wildman–Crippen LogP) is 5.18. The maximum atomic E-state index is 13.8. The van der Waals surface area contributed by atoms with Gasteiger partial charge in [0.15, 0.2) is 5.78 Å². The first kappa shape index (κ1) is 24.3. The molecule has 1 saturated heterocycles. The highest BCUT2D eigenvalue weighted by Crippen LogP contribution is 2.41. The zero-order valence-electron chi connectivity index (χ0n) is 19.8. The number of carbonyl (C=O) groups is 3. The molecule has 35 heavy (non-hydrogen) atoms. The second kappa shape index (κ2) is 9.09. The average molecular weight is 478 g/mol. The number of Topliss-reactive ketones (excluding diaryl/α,β-unsaturated/α-hetero) is 2. The van der Waals surface area contributed by atoms with Crippen molar-refractivity contribution in [3.05, 3.63) is 88.7 Å². The van der Waals surface area contributed by atoms with Crippen LogP contribution in [0.5, 0.6) is 0 Å². The standard InChI is InChI=1S/C27H25F2N3O3/c1-15(2)17-5-7-19(8-6-17)23(33)21-22(18-9-11-20(12-10-18)27(4,28)29)32(25(35)24(21)34)26-30-13-16(3)14-31-26/h5-15,21-22H,1-4H3. The molecule has 0 N–H and O–H groups in total. The van der Waals surface area contributed by atoms with Crippen molar-refractivity contribution in [2.75, 3.05) is 4.90 Å². The lowest BCUT2D eigenvalue weighted by molar-refractivity contribution is -0.135. The minimum atomic E-state index is -3.06. The Balaban J connectivity index is 1.81. The predicted molar refractivity (Wildman–Crippen MR) is 126 cm³/mol. The summed E-state index contributed by atoms with van der Waals surface area (Å²) in [4.78, 5) is 49.3. The van der Waals surface area contributed by atoms with Crippen LogP contribution in [-0.2, 0) is 15.5 Å². The number of rotatable bonds is 6. The number of aryl methyl sites for hydroxylation is 1. The number of ketones is 2. The molecule has 1 amide bonds. The van der Waals surface area contributed by atoms with Crippen molar-refractivity contribution in [1.29, 1.82) is 0 Å². The van der Waals surface area contributed by atoms with Crippen LogP contribution < -0.4 is 4.90 Å². The van der Waals surface area contributed by atoms with Gasteiger partial charge in [-0.1, -0.05) is 62.4 Å². The Morgan fingerprint density at radius 3 is 2.06 bits per heavy atom. The molecule has 8 heteroatoms. The van der Waals surface area contributed by atoms with E-state index in [0.717, 1.165) is 23.0 Å². The zero-order valence-corrected chi connectivity index (χ0v) is 19.8. The van der Waals surface area contributed by atoms with Crippen molar-refractivity contribution in [2.45, 2.75) is 45.6 Å². The van der Waals surface area contributed by atoms with Crippen molar-refractivity contribution >= 4 is 23.4 Å². The molecule has 0 spiro atoms. The van der Waals surface area contributed by atoms with Gasteiger partial charge in [0, 0.05) is 30.4 Å². The molecule has 2 unspecified atom stereocenters. The molecule has 0 saturated carbocycles. The van der Waals surface area contributed by atoms with Gasteiger partial charge >= 0.3 is 0 Å². The summed E-state index contributed by atoms with van der Waals surface area (Å²) >= 11 is 0. The topological polar surface area (TPSA) is 80.2 Å². The van der Waals surface area contributed by atoms with Crippen molar-refractivity contribution in [2.24, 2.45) is 5.92 Å². The van der Waals surface area contributed by atoms with Gasteiger partial charge in [-0.3, -0.25) is 19.3 Å². The smallest absolute Gasteiger partial charge is 0.293 e. The Kier molecular flexibility index (Phi) is 6.32. The van der Waals surface area contributed by atoms with E-state index < -0.39 is 35.4 Å². The van der Waals surface area contributed by atoms with Gasteiger partial charge in [0.25, 0.3) is 11.8 Å². The maximum Gasteiger partial charge on any atom is 0.298 e. The molecule has 4 rings (SSSR count). The molecule has 2 heterocycles. The number of halogens is 2. The minimum Gasteiger partial charge on any atom is -0.293 e. The molecule has 3 aromatic rings. The van der Waals surface area contributed by atoms with E-state index in [1.165, 1.54) is 36.7 Å². The van der Waals surface area contributed by atoms with E-state index in [1.54, 1.807) is 19.1 Å². The van der Waals surface area contributed by atoms with Crippen LogP contribution in [0.1, 0.15) is 65.3 Å². The molecular formula is C27H25F2N3O3. The monoisotopic (exact) mass is 477 g/mol. The lowest BCUT2D eigenvalue weighted by atomic mass is 9.85. The third kappa shape index (κ3) is 4.60. The van der Waals surface area contributed by atoms with Crippen molar-refractivity contribution in [1.82, 2.24) is 9.97 Å². The van der Waals surface area contributed by atoms with Gasteiger partial charge in [0.1, 0.15) is 5.92 Å². The van der Waals surface area contributed by atoms with Crippen LogP contribution >= 0.6 is 0 Å². The lowest BCUT2D eigenvalue weighted by Gasteiger charge is -2.26. The minimum absolute atomic E-state index is 0.0331. The van der Waals surface area contributed by atoms with Crippen LogP contribution in [0.25, 0.3) is 0 Å². The summed E-state index contributed by atoms with van der Waals surface area (Å²) in [5.74, 6) is -6.54. The van der Waals surface area contributed by atoms with Gasteiger partial charge in [0.05, 0.1) is 6.04 Å². The molecule has 0 bridgehead atoms. The highest BCUT2D eigenvalue weighted by molar-refractivity contribution is 6.48. The molecule has 6 nitrogen and oxygen atoms in total. The summed E-state index contributed by atoms with van der Waals surface area (Å²) in [7, 11) is 0. The van der Waals surface area contributed by atoms with E-state index in [1.807, 2.05) is 26.0 Å². The van der Waals surface area contributed by atoms with Gasteiger partial charge in [0.2, 0.25) is 11.7 Å². The third-order valence-electron chi connectivity index (χ3n) is 6.19. The number of hydrogen-bond acceptors (Lipinski definition) is 5. The first-order chi connectivity index (χ1) is 16.5. The number of alkyl halides is 2. The maximum absolute atomic E-state index is 13.8. The molecule has 2 aromatic carbocycles. The Morgan fingerprint density at radius 1 is 0.971 bits per heavy atom. The van der Waals surface area contributed by atoms with Gasteiger partial charge in [-0.2, -0.15) is 0 Å². The second-order valence-corrected chi connectivity index (χ2v) is 9.17. The van der Waals surface area contributed by atoms with Crippen LogP contribution in [0.3, 0.4) is 0 Å². The average Bonchev–Trinajstić information content (AvgIpc) is 3.09. The molecule has 180 valence electrons. The second-order valence-electron chi connectivity index (χ2n) is 9.17. The third-order valence-corrected chi connectivity index (χ3v) is 6.19. The molecular weight excluding hydrogens is 452 g/mol. The molecule has 1 aliphatic heterocycles. The van der Waals surface area contributed by atoms with Crippen LogP contribution in [0.4, 0.5) is 14.7 Å². The number of aromatic nitrogens is 2. The van der Waals surface area contributed by atoms with Gasteiger partial charge < -0.3 is 0 Å². The molecule has 0 aliphatic carbocycles. The highest BCUT2D eigenvalue weighted by atomic mass is 19.3. The van der Waals surface area contributed by atoms with Crippen molar-refractivity contribution < 1.29 is 23.2 Å². The fourth-order valence-corrected chi connectivity index (χ4v) is 4.18. The van der Waals surface area contributed by atoms with Crippen LogP contribution in [0, 0.1) is 12.8 Å². The molecule has 1 aliphatic rings. The number of carbonyl (C=O) groups excluding carboxylic acids is 3. The summed E-state index contributed by atoms with van der Waals surface area (Å²) in [6, 6.07) is 11.1. The zero-order chi connectivity index (χ0) is 25.5. The van der Waals surface area contributed by atoms with E-state index in [-0.39, 0.29) is 23.0 Å². The van der Waals surface area contributed by atoms with Gasteiger partial charge in [-0.05, 0) is 29.5 Å². The first-order valence-electron chi connectivity index (χ1n) is 11.3. The van der Waals surface area contributed by atoms with Gasteiger partial charge in [-0.15, -0.1) is 0 Å². The molecule has 0 radical (unpaired) electrons. The largest absolute Gasteiger partial charge is 0.298 e. The van der Waals surface area contributed by atoms with E-state index in [4.69, 9.17) is 0 Å². The van der Waals surface area contributed by atoms with E-state index in [0.29, 0.717) is 5.56 Å². The molecule has 1 fully saturated rings. The normalized spacial score (nSPS) is 18.4. The number of nitrogens with zero attached hydrogens (tertiary/aromatic N) is 3. The summed E-state index contributed by atoms with van der Waals surface area (Å²) < 4.78 is 27.6. The lowest BCUT2D eigenvalue weighted by Crippen LogP contribution is -2.32.